The number of piperidine rings is 1. The van der Waals surface area contributed by atoms with Gasteiger partial charge in [0.2, 0.25) is 0 Å². The lowest BCUT2D eigenvalue weighted by molar-refractivity contribution is 0.272. The van der Waals surface area contributed by atoms with E-state index in [4.69, 9.17) is 5.73 Å². The van der Waals surface area contributed by atoms with E-state index in [1.807, 2.05) is 0 Å². The fraction of sp³-hybridized carbons (Fsp3) is 0.938. The topological polar surface area (TPSA) is 48.1 Å². The van der Waals surface area contributed by atoms with Crippen molar-refractivity contribution in [1.82, 2.24) is 14.7 Å². The molecule has 2 rings (SSSR count). The molecule has 0 aromatic rings. The molecule has 2 aliphatic rings. The fourth-order valence-corrected chi connectivity index (χ4v) is 3.15. The minimum Gasteiger partial charge on any atom is -0.370 e. The lowest BCUT2D eigenvalue weighted by Crippen LogP contribution is -2.42. The Morgan fingerprint density at radius 1 is 1.10 bits per heavy atom. The number of likely N-dealkylation sites (tertiary alicyclic amines) is 1. The molecule has 0 aromatic carbocycles. The monoisotopic (exact) mass is 295 g/mol. The maximum absolute atomic E-state index is 6.11. The number of nitrogens with two attached hydrogens (primary N) is 1. The molecule has 21 heavy (non-hydrogen) atoms. The van der Waals surface area contributed by atoms with Crippen molar-refractivity contribution in [3.05, 3.63) is 0 Å². The van der Waals surface area contributed by atoms with Crippen LogP contribution in [0.4, 0.5) is 0 Å². The zero-order valence-electron chi connectivity index (χ0n) is 13.9. The van der Waals surface area contributed by atoms with Crippen LogP contribution in [-0.2, 0) is 0 Å². The molecule has 0 atom stereocenters. The second kappa shape index (κ2) is 8.59. The van der Waals surface area contributed by atoms with Crippen molar-refractivity contribution in [3.63, 3.8) is 0 Å². The summed E-state index contributed by atoms with van der Waals surface area (Å²) in [5.74, 6) is 1.60. The Morgan fingerprint density at radius 2 is 1.86 bits per heavy atom. The summed E-state index contributed by atoms with van der Waals surface area (Å²) in [6, 6.07) is 0. The molecule has 2 saturated heterocycles. The van der Waals surface area contributed by atoms with Gasteiger partial charge in [-0.15, -0.1) is 0 Å². The molecule has 2 fully saturated rings. The summed E-state index contributed by atoms with van der Waals surface area (Å²) >= 11 is 0. The Morgan fingerprint density at radius 3 is 2.62 bits per heavy atom. The highest BCUT2D eigenvalue weighted by Crippen LogP contribution is 2.15. The standard InChI is InChI=1S/C16H33N5/c1-15-5-11-21(12-6-15)16(17)18-7-3-9-20-10-4-8-19(2)13-14-20/h15H,3-14H2,1-2H3,(H2,17,18). The first-order chi connectivity index (χ1) is 10.1. The highest BCUT2D eigenvalue weighted by Gasteiger charge is 2.16. The van der Waals surface area contributed by atoms with E-state index in [0.29, 0.717) is 0 Å². The van der Waals surface area contributed by atoms with Crippen LogP contribution in [0.3, 0.4) is 0 Å². The van der Waals surface area contributed by atoms with Gasteiger partial charge in [-0.25, -0.2) is 0 Å². The summed E-state index contributed by atoms with van der Waals surface area (Å²) < 4.78 is 0. The van der Waals surface area contributed by atoms with E-state index in [0.717, 1.165) is 44.5 Å². The number of aliphatic imine (C=N–C) groups is 1. The summed E-state index contributed by atoms with van der Waals surface area (Å²) in [4.78, 5) is 11.8. The molecule has 0 bridgehead atoms. The summed E-state index contributed by atoms with van der Waals surface area (Å²) in [6.45, 7) is 11.3. The van der Waals surface area contributed by atoms with Crippen LogP contribution in [0.25, 0.3) is 0 Å². The van der Waals surface area contributed by atoms with E-state index in [2.05, 4.69) is 33.7 Å². The summed E-state index contributed by atoms with van der Waals surface area (Å²) in [7, 11) is 2.22. The van der Waals surface area contributed by atoms with Gasteiger partial charge in [0, 0.05) is 32.7 Å². The third kappa shape index (κ3) is 5.83. The van der Waals surface area contributed by atoms with Gasteiger partial charge < -0.3 is 20.4 Å². The molecule has 0 saturated carbocycles. The lowest BCUT2D eigenvalue weighted by atomic mass is 10.00. The van der Waals surface area contributed by atoms with Gasteiger partial charge in [0.15, 0.2) is 5.96 Å². The maximum Gasteiger partial charge on any atom is 0.191 e. The van der Waals surface area contributed by atoms with Crippen LogP contribution >= 0.6 is 0 Å². The van der Waals surface area contributed by atoms with Crippen molar-refractivity contribution in [1.29, 1.82) is 0 Å². The molecule has 0 aliphatic carbocycles. The van der Waals surface area contributed by atoms with Gasteiger partial charge in [-0.1, -0.05) is 6.92 Å². The van der Waals surface area contributed by atoms with E-state index < -0.39 is 0 Å². The van der Waals surface area contributed by atoms with Gasteiger partial charge in [0.05, 0.1) is 0 Å². The number of nitrogens with zero attached hydrogens (tertiary/aromatic N) is 4. The molecule has 5 heteroatoms. The van der Waals surface area contributed by atoms with Crippen LogP contribution in [0.5, 0.6) is 0 Å². The molecule has 2 aliphatic heterocycles. The third-order valence-corrected chi connectivity index (χ3v) is 4.83. The highest BCUT2D eigenvalue weighted by molar-refractivity contribution is 5.78. The van der Waals surface area contributed by atoms with Gasteiger partial charge in [-0.3, -0.25) is 4.99 Å². The van der Waals surface area contributed by atoms with Crippen molar-refractivity contribution in [2.45, 2.75) is 32.6 Å². The Kier molecular flexibility index (Phi) is 6.77. The zero-order chi connectivity index (χ0) is 15.1. The van der Waals surface area contributed by atoms with Crippen molar-refractivity contribution in [2.24, 2.45) is 16.6 Å². The van der Waals surface area contributed by atoms with Crippen molar-refractivity contribution in [2.75, 3.05) is 59.4 Å². The minimum absolute atomic E-state index is 0.762. The van der Waals surface area contributed by atoms with Crippen LogP contribution in [0.1, 0.15) is 32.6 Å². The Hall–Kier alpha value is -0.810. The van der Waals surface area contributed by atoms with Gasteiger partial charge in [-0.2, -0.15) is 0 Å². The number of likely N-dealkylation sites (N-methyl/N-ethyl adjacent to an activating group) is 1. The highest BCUT2D eigenvalue weighted by atomic mass is 15.3. The largest absolute Gasteiger partial charge is 0.370 e. The third-order valence-electron chi connectivity index (χ3n) is 4.83. The molecule has 0 spiro atoms. The zero-order valence-corrected chi connectivity index (χ0v) is 13.9. The number of rotatable bonds is 4. The van der Waals surface area contributed by atoms with E-state index >= 15 is 0 Å². The van der Waals surface area contributed by atoms with Crippen LogP contribution in [-0.4, -0.2) is 80.1 Å². The number of hydrogen-bond acceptors (Lipinski definition) is 3. The second-order valence-electron chi connectivity index (χ2n) is 6.76. The van der Waals surface area contributed by atoms with E-state index in [-0.39, 0.29) is 0 Å². The van der Waals surface area contributed by atoms with Gasteiger partial charge in [0.1, 0.15) is 0 Å². The first kappa shape index (κ1) is 16.6. The molecular formula is C16H33N5. The molecule has 0 aromatic heterocycles. The van der Waals surface area contributed by atoms with E-state index in [9.17, 15) is 0 Å². The molecular weight excluding hydrogens is 262 g/mol. The van der Waals surface area contributed by atoms with E-state index in [1.54, 1.807) is 0 Å². The maximum atomic E-state index is 6.11. The van der Waals surface area contributed by atoms with Gasteiger partial charge in [-0.05, 0) is 58.3 Å². The molecule has 0 radical (unpaired) electrons. The number of hydrogen-bond donors (Lipinski definition) is 1. The molecule has 2 N–H and O–H groups in total. The number of guanidine groups is 1. The van der Waals surface area contributed by atoms with Gasteiger partial charge in [0.25, 0.3) is 0 Å². The van der Waals surface area contributed by atoms with Crippen molar-refractivity contribution in [3.8, 4) is 0 Å². The van der Waals surface area contributed by atoms with Crippen LogP contribution < -0.4 is 5.73 Å². The van der Waals surface area contributed by atoms with Gasteiger partial charge >= 0.3 is 0 Å². The predicted octanol–water partition coefficient (Wildman–Crippen LogP) is 1.06. The normalized spacial score (nSPS) is 24.3. The van der Waals surface area contributed by atoms with Crippen LogP contribution in [0.15, 0.2) is 4.99 Å². The lowest BCUT2D eigenvalue weighted by Gasteiger charge is -2.31. The van der Waals surface area contributed by atoms with E-state index in [1.165, 1.54) is 45.4 Å². The fourth-order valence-electron chi connectivity index (χ4n) is 3.15. The molecule has 5 nitrogen and oxygen atoms in total. The first-order valence-electron chi connectivity index (χ1n) is 8.61. The summed E-state index contributed by atoms with van der Waals surface area (Å²) in [5, 5.41) is 0. The van der Waals surface area contributed by atoms with Crippen LogP contribution in [0, 0.1) is 5.92 Å². The summed E-state index contributed by atoms with van der Waals surface area (Å²) in [6.07, 6.45) is 4.90. The van der Waals surface area contributed by atoms with Crippen molar-refractivity contribution >= 4 is 5.96 Å². The molecule has 2 heterocycles. The first-order valence-corrected chi connectivity index (χ1v) is 8.61. The summed E-state index contributed by atoms with van der Waals surface area (Å²) in [5.41, 5.74) is 6.11. The Bertz CT molecular complexity index is 323. The smallest absolute Gasteiger partial charge is 0.191 e. The Balaban J connectivity index is 1.62. The average molecular weight is 295 g/mol. The molecule has 122 valence electrons. The second-order valence-corrected chi connectivity index (χ2v) is 6.76. The molecule has 0 unspecified atom stereocenters. The molecule has 0 amide bonds. The average Bonchev–Trinajstić information content (AvgIpc) is 2.69. The quantitative estimate of drug-likeness (QED) is 0.479. The predicted molar refractivity (Wildman–Crippen MR) is 89.6 cm³/mol. The van der Waals surface area contributed by atoms with Crippen LogP contribution in [0.2, 0.25) is 0 Å². The Labute approximate surface area is 130 Å². The van der Waals surface area contributed by atoms with Crippen molar-refractivity contribution < 1.29 is 0 Å². The SMILES string of the molecule is CC1CCN(C(N)=NCCCN2CCCN(C)CC2)CC1. The minimum atomic E-state index is 0.762.